The third-order valence-electron chi connectivity index (χ3n) is 6.46. The largest absolute Gasteiger partial charge is 0.481 e. The highest BCUT2D eigenvalue weighted by atomic mass is 16.4. The average molecular weight is 475 g/mol. The number of nitrogens with zero attached hydrogens (tertiary/aromatic N) is 3. The van der Waals surface area contributed by atoms with Crippen LogP contribution in [0.3, 0.4) is 0 Å². The molecule has 0 saturated heterocycles. The number of carbonyl (C=O) groups excluding carboxylic acids is 1. The molecule has 184 valence electrons. The maximum absolute atomic E-state index is 12.5. The van der Waals surface area contributed by atoms with E-state index in [4.69, 9.17) is 15.1 Å². The smallest absolute Gasteiger partial charge is 0.303 e. The molecule has 2 aromatic heterocycles. The molecule has 0 aliphatic carbocycles. The highest BCUT2D eigenvalue weighted by Crippen LogP contribution is 2.28. The number of carbonyl (C=O) groups is 2. The number of carboxylic acid groups (broad SMARTS) is 1. The Morgan fingerprint density at radius 3 is 2.14 bits per heavy atom. The molecule has 4 rings (SSSR count). The van der Waals surface area contributed by atoms with Crippen molar-refractivity contribution < 1.29 is 14.7 Å². The fourth-order valence-corrected chi connectivity index (χ4v) is 4.60. The zero-order valence-corrected chi connectivity index (χ0v) is 20.2. The Hall–Kier alpha value is -3.48. The van der Waals surface area contributed by atoms with Crippen molar-refractivity contribution in [3.8, 4) is 0 Å². The van der Waals surface area contributed by atoms with Gasteiger partial charge in [0.1, 0.15) is 5.52 Å². The molecule has 0 fully saturated rings. The molecule has 7 nitrogen and oxygen atoms in total. The Balaban J connectivity index is 1.23. The van der Waals surface area contributed by atoms with Gasteiger partial charge in [-0.1, -0.05) is 68.9 Å². The first kappa shape index (κ1) is 24.6. The Labute approximate surface area is 205 Å². The quantitative estimate of drug-likeness (QED) is 0.224. The molecule has 0 saturated carbocycles. The number of fused-ring (bicyclic) bond motifs is 4. The van der Waals surface area contributed by atoms with Crippen molar-refractivity contribution in [2.75, 3.05) is 6.54 Å². The third kappa shape index (κ3) is 6.56. The fourth-order valence-electron chi connectivity index (χ4n) is 4.60. The number of rotatable bonds is 14. The molecule has 1 amide bonds. The summed E-state index contributed by atoms with van der Waals surface area (Å²) in [6.45, 7) is 1.26. The predicted molar refractivity (Wildman–Crippen MR) is 139 cm³/mol. The summed E-state index contributed by atoms with van der Waals surface area (Å²) in [6.07, 6.45) is 9.13. The molecule has 0 spiro atoms. The van der Waals surface area contributed by atoms with Crippen molar-refractivity contribution in [2.24, 2.45) is 0 Å². The van der Waals surface area contributed by atoms with Crippen LogP contribution in [0.25, 0.3) is 33.1 Å². The number of hydrogen-bond acceptors (Lipinski definition) is 4. The van der Waals surface area contributed by atoms with Crippen LogP contribution in [0.4, 0.5) is 0 Å². The minimum Gasteiger partial charge on any atom is -0.481 e. The number of benzene rings is 2. The van der Waals surface area contributed by atoms with Gasteiger partial charge in [0.25, 0.3) is 0 Å². The zero-order valence-electron chi connectivity index (χ0n) is 20.2. The molecule has 35 heavy (non-hydrogen) atoms. The molecule has 7 heteroatoms. The average Bonchev–Trinajstić information content (AvgIpc) is 3.17. The standard InChI is InChI=1S/C28H34N4O3/c33-25(29-19-12-6-4-2-1-3-5-7-17-26(34)35)18-20-32-24-16-11-8-13-21(24)27-28(32)31-23-15-10-9-14-22(23)30-27/h8-11,13-16H,1-7,12,17-20H2,(H,29,33)(H,34,35). The van der Waals surface area contributed by atoms with Crippen LogP contribution < -0.4 is 5.32 Å². The van der Waals surface area contributed by atoms with Crippen LogP contribution in [-0.2, 0) is 16.1 Å². The van der Waals surface area contributed by atoms with E-state index < -0.39 is 5.97 Å². The van der Waals surface area contributed by atoms with Crippen molar-refractivity contribution in [3.63, 3.8) is 0 Å². The van der Waals surface area contributed by atoms with E-state index in [0.717, 1.165) is 78.0 Å². The number of amides is 1. The molecule has 0 bridgehead atoms. The van der Waals surface area contributed by atoms with Gasteiger partial charge in [-0.3, -0.25) is 9.59 Å². The van der Waals surface area contributed by atoms with Crippen molar-refractivity contribution in [1.29, 1.82) is 0 Å². The minimum atomic E-state index is -0.704. The maximum atomic E-state index is 12.5. The van der Waals surface area contributed by atoms with Gasteiger partial charge >= 0.3 is 5.97 Å². The molecule has 0 aliphatic rings. The van der Waals surface area contributed by atoms with E-state index >= 15 is 0 Å². The first-order valence-corrected chi connectivity index (χ1v) is 12.8. The van der Waals surface area contributed by atoms with Crippen LogP contribution in [0.1, 0.15) is 64.2 Å². The normalized spacial score (nSPS) is 11.4. The highest BCUT2D eigenvalue weighted by Gasteiger charge is 2.15. The van der Waals surface area contributed by atoms with E-state index in [1.807, 2.05) is 36.4 Å². The first-order valence-electron chi connectivity index (χ1n) is 12.8. The Kier molecular flexibility index (Phi) is 8.65. The van der Waals surface area contributed by atoms with Gasteiger partial charge in [0.15, 0.2) is 5.65 Å². The first-order chi connectivity index (χ1) is 17.1. The molecule has 4 aromatic rings. The van der Waals surface area contributed by atoms with Gasteiger partial charge in [0.2, 0.25) is 5.91 Å². The van der Waals surface area contributed by atoms with Crippen LogP contribution in [0.2, 0.25) is 0 Å². The van der Waals surface area contributed by atoms with E-state index in [-0.39, 0.29) is 12.3 Å². The van der Waals surface area contributed by atoms with Crippen LogP contribution in [0.15, 0.2) is 48.5 Å². The molecular formula is C28H34N4O3. The number of aliphatic carboxylic acids is 1. The van der Waals surface area contributed by atoms with Crippen LogP contribution in [0, 0.1) is 0 Å². The van der Waals surface area contributed by atoms with E-state index in [2.05, 4.69) is 22.0 Å². The van der Waals surface area contributed by atoms with Crippen molar-refractivity contribution in [1.82, 2.24) is 19.9 Å². The van der Waals surface area contributed by atoms with Crippen LogP contribution in [0.5, 0.6) is 0 Å². The minimum absolute atomic E-state index is 0.0584. The van der Waals surface area contributed by atoms with E-state index in [9.17, 15) is 9.59 Å². The second-order valence-corrected chi connectivity index (χ2v) is 9.13. The molecule has 0 radical (unpaired) electrons. The highest BCUT2D eigenvalue weighted by molar-refractivity contribution is 6.06. The lowest BCUT2D eigenvalue weighted by atomic mass is 10.1. The summed E-state index contributed by atoms with van der Waals surface area (Å²) in [5.74, 6) is -0.646. The number of carboxylic acids is 1. The van der Waals surface area contributed by atoms with Gasteiger partial charge < -0.3 is 15.0 Å². The second kappa shape index (κ2) is 12.3. The van der Waals surface area contributed by atoms with Crippen molar-refractivity contribution in [3.05, 3.63) is 48.5 Å². The molecule has 0 unspecified atom stereocenters. The zero-order chi connectivity index (χ0) is 24.5. The lowest BCUT2D eigenvalue weighted by Gasteiger charge is -2.08. The van der Waals surface area contributed by atoms with Crippen LogP contribution in [-0.4, -0.2) is 38.1 Å². The van der Waals surface area contributed by atoms with Gasteiger partial charge in [-0.2, -0.15) is 0 Å². The summed E-state index contributed by atoms with van der Waals surface area (Å²) >= 11 is 0. The summed E-state index contributed by atoms with van der Waals surface area (Å²) in [5.41, 5.74) is 4.48. The molecule has 0 atom stereocenters. The second-order valence-electron chi connectivity index (χ2n) is 9.13. The number of para-hydroxylation sites is 3. The van der Waals surface area contributed by atoms with Crippen molar-refractivity contribution in [2.45, 2.75) is 70.8 Å². The maximum Gasteiger partial charge on any atom is 0.303 e. The predicted octanol–water partition coefficient (Wildman–Crippen LogP) is 5.84. The Morgan fingerprint density at radius 2 is 1.40 bits per heavy atom. The van der Waals surface area contributed by atoms with E-state index in [0.29, 0.717) is 19.5 Å². The monoisotopic (exact) mass is 474 g/mol. The van der Waals surface area contributed by atoms with Gasteiger partial charge in [-0.05, 0) is 31.0 Å². The number of aromatic nitrogens is 3. The lowest BCUT2D eigenvalue weighted by molar-refractivity contribution is -0.137. The SMILES string of the molecule is O=C(O)CCCCCCCCCCNC(=O)CCn1c2ccccc2c2nc3ccccc3nc21. The van der Waals surface area contributed by atoms with Crippen LogP contribution >= 0.6 is 0 Å². The van der Waals surface area contributed by atoms with Gasteiger partial charge in [-0.25, -0.2) is 9.97 Å². The summed E-state index contributed by atoms with van der Waals surface area (Å²) in [7, 11) is 0. The topological polar surface area (TPSA) is 97.1 Å². The molecule has 2 N–H and O–H groups in total. The summed E-state index contributed by atoms with van der Waals surface area (Å²) in [6, 6.07) is 16.0. The number of unbranched alkanes of at least 4 members (excludes halogenated alkanes) is 7. The number of nitrogens with one attached hydrogen (secondary N) is 1. The number of aryl methyl sites for hydroxylation is 1. The fraction of sp³-hybridized carbons (Fsp3) is 0.429. The van der Waals surface area contributed by atoms with Crippen molar-refractivity contribution >= 4 is 45.0 Å². The summed E-state index contributed by atoms with van der Waals surface area (Å²) in [5, 5.41) is 12.8. The molecule has 2 aromatic carbocycles. The lowest BCUT2D eigenvalue weighted by Crippen LogP contribution is -2.25. The van der Waals surface area contributed by atoms with Gasteiger partial charge in [0, 0.05) is 31.3 Å². The molecule has 2 heterocycles. The number of hydrogen-bond donors (Lipinski definition) is 2. The van der Waals surface area contributed by atoms with Gasteiger partial charge in [0.05, 0.1) is 16.6 Å². The summed E-state index contributed by atoms with van der Waals surface area (Å²) in [4.78, 5) is 32.7. The van der Waals surface area contributed by atoms with E-state index in [1.54, 1.807) is 0 Å². The van der Waals surface area contributed by atoms with E-state index in [1.165, 1.54) is 6.42 Å². The summed E-state index contributed by atoms with van der Waals surface area (Å²) < 4.78 is 2.11. The molecule has 0 aliphatic heterocycles. The molecular weight excluding hydrogens is 440 g/mol. The van der Waals surface area contributed by atoms with Gasteiger partial charge in [-0.15, -0.1) is 0 Å². The Morgan fingerprint density at radius 1 is 0.771 bits per heavy atom. The third-order valence-corrected chi connectivity index (χ3v) is 6.46. The Bertz CT molecular complexity index is 1300.